The van der Waals surface area contributed by atoms with Crippen LogP contribution in [0.1, 0.15) is 87.0 Å². The van der Waals surface area contributed by atoms with Gasteiger partial charge < -0.3 is 10.2 Å². The first kappa shape index (κ1) is 19.0. The molecule has 0 radical (unpaired) electrons. The van der Waals surface area contributed by atoms with Crippen molar-refractivity contribution in [2.45, 2.75) is 98.7 Å². The maximum Gasteiger partial charge on any atom is 0.0591 e. The lowest BCUT2D eigenvalue weighted by Gasteiger charge is -2.52. The summed E-state index contributed by atoms with van der Waals surface area (Å²) in [7, 11) is 0. The molecular weight excluding hydrogens is 260 g/mol. The third kappa shape index (κ3) is 4.69. The van der Waals surface area contributed by atoms with Crippen LogP contribution in [0.15, 0.2) is 0 Å². The zero-order chi connectivity index (χ0) is 16.5. The number of aliphatic hydroxyl groups is 2. The third-order valence-electron chi connectivity index (χ3n) is 6.60. The monoisotopic (exact) mass is 298 g/mol. The Morgan fingerprint density at radius 2 is 1.76 bits per heavy atom. The largest absolute Gasteiger partial charge is 0.393 e. The zero-order valence-corrected chi connectivity index (χ0v) is 15.4. The summed E-state index contributed by atoms with van der Waals surface area (Å²) in [5, 5.41) is 20.2. The maximum atomic E-state index is 10.3. The van der Waals surface area contributed by atoms with Gasteiger partial charge in [0.2, 0.25) is 0 Å². The molecule has 1 aliphatic carbocycles. The van der Waals surface area contributed by atoms with Crippen molar-refractivity contribution >= 4 is 0 Å². The molecule has 0 aromatic heterocycles. The number of rotatable bonds is 6. The summed E-state index contributed by atoms with van der Waals surface area (Å²) in [6, 6.07) is 0. The van der Waals surface area contributed by atoms with Gasteiger partial charge in [-0.1, -0.05) is 47.5 Å². The van der Waals surface area contributed by atoms with E-state index in [4.69, 9.17) is 0 Å². The standard InChI is InChI=1S/C19H38O2/c1-14-16(20)10-8-13-19(14,7)15(2)17(3,4)11-9-12-18(5,6)21/h14-16,20-21H,8-13H2,1-7H3/t14?,15-,16?,19?/m1/s1. The Morgan fingerprint density at radius 3 is 2.29 bits per heavy atom. The van der Waals surface area contributed by atoms with Gasteiger partial charge in [-0.2, -0.15) is 0 Å². The van der Waals surface area contributed by atoms with Gasteiger partial charge in [0.15, 0.2) is 0 Å². The maximum absolute atomic E-state index is 10.3. The normalized spacial score (nSPS) is 33.0. The number of hydrogen-bond acceptors (Lipinski definition) is 2. The van der Waals surface area contributed by atoms with Gasteiger partial charge >= 0.3 is 0 Å². The van der Waals surface area contributed by atoms with Crippen LogP contribution in [0.4, 0.5) is 0 Å². The molecule has 2 heteroatoms. The molecule has 2 nitrogen and oxygen atoms in total. The van der Waals surface area contributed by atoms with Gasteiger partial charge in [0.25, 0.3) is 0 Å². The second kappa shape index (κ2) is 6.58. The lowest BCUT2D eigenvalue weighted by atomic mass is 9.54. The fourth-order valence-corrected chi connectivity index (χ4v) is 4.31. The molecule has 1 saturated carbocycles. The molecule has 126 valence electrons. The lowest BCUT2D eigenvalue weighted by molar-refractivity contribution is -0.0720. The lowest BCUT2D eigenvalue weighted by Crippen LogP contribution is -2.47. The van der Waals surface area contributed by atoms with Crippen LogP contribution in [0, 0.1) is 22.7 Å². The minimum absolute atomic E-state index is 0.140. The van der Waals surface area contributed by atoms with Crippen molar-refractivity contribution in [3.63, 3.8) is 0 Å². The zero-order valence-electron chi connectivity index (χ0n) is 15.4. The third-order valence-corrected chi connectivity index (χ3v) is 6.60. The fraction of sp³-hybridized carbons (Fsp3) is 1.00. The molecule has 1 rings (SSSR count). The van der Waals surface area contributed by atoms with E-state index in [2.05, 4.69) is 34.6 Å². The fourth-order valence-electron chi connectivity index (χ4n) is 4.31. The van der Waals surface area contributed by atoms with Gasteiger partial charge in [-0.25, -0.2) is 0 Å². The first-order valence-electron chi connectivity index (χ1n) is 8.80. The van der Waals surface area contributed by atoms with Crippen molar-refractivity contribution in [3.05, 3.63) is 0 Å². The van der Waals surface area contributed by atoms with Crippen LogP contribution in [-0.2, 0) is 0 Å². The Balaban J connectivity index is 2.72. The summed E-state index contributed by atoms with van der Waals surface area (Å²) in [5.74, 6) is 0.937. The van der Waals surface area contributed by atoms with Crippen LogP contribution < -0.4 is 0 Å². The quantitative estimate of drug-likeness (QED) is 0.741. The van der Waals surface area contributed by atoms with E-state index in [1.54, 1.807) is 0 Å². The number of aliphatic hydroxyl groups excluding tert-OH is 1. The van der Waals surface area contributed by atoms with E-state index in [0.29, 0.717) is 11.8 Å². The average molecular weight is 299 g/mol. The topological polar surface area (TPSA) is 40.5 Å². The summed E-state index contributed by atoms with van der Waals surface area (Å²) in [6.07, 6.45) is 6.25. The molecule has 0 spiro atoms. The molecule has 1 aliphatic rings. The first-order chi connectivity index (χ1) is 9.40. The molecule has 0 aromatic carbocycles. The summed E-state index contributed by atoms with van der Waals surface area (Å²) in [6.45, 7) is 15.5. The minimum Gasteiger partial charge on any atom is -0.393 e. The second-order valence-corrected chi connectivity index (χ2v) is 9.13. The smallest absolute Gasteiger partial charge is 0.0591 e. The molecule has 4 atom stereocenters. The van der Waals surface area contributed by atoms with Crippen LogP contribution in [-0.4, -0.2) is 21.9 Å². The van der Waals surface area contributed by atoms with Gasteiger partial charge in [0.1, 0.15) is 0 Å². The van der Waals surface area contributed by atoms with E-state index < -0.39 is 5.60 Å². The Labute approximate surface area is 132 Å². The highest BCUT2D eigenvalue weighted by molar-refractivity contribution is 4.96. The molecule has 0 heterocycles. The molecule has 0 saturated heterocycles. The van der Waals surface area contributed by atoms with E-state index in [-0.39, 0.29) is 16.9 Å². The molecule has 3 unspecified atom stereocenters. The molecule has 0 bridgehead atoms. The van der Waals surface area contributed by atoms with Crippen molar-refractivity contribution in [1.29, 1.82) is 0 Å². The van der Waals surface area contributed by atoms with E-state index >= 15 is 0 Å². The molecule has 1 fully saturated rings. The first-order valence-corrected chi connectivity index (χ1v) is 8.80. The highest BCUT2D eigenvalue weighted by Crippen LogP contribution is 2.53. The van der Waals surface area contributed by atoms with Crippen LogP contribution in [0.25, 0.3) is 0 Å². The van der Waals surface area contributed by atoms with E-state index in [1.165, 1.54) is 6.42 Å². The molecule has 0 amide bonds. The van der Waals surface area contributed by atoms with Gasteiger partial charge in [-0.05, 0) is 62.2 Å². The van der Waals surface area contributed by atoms with Gasteiger partial charge in [0, 0.05) is 0 Å². The van der Waals surface area contributed by atoms with Crippen molar-refractivity contribution < 1.29 is 10.2 Å². The molecule has 0 aliphatic heterocycles. The second-order valence-electron chi connectivity index (χ2n) is 9.13. The Kier molecular flexibility index (Phi) is 5.94. The van der Waals surface area contributed by atoms with E-state index in [0.717, 1.165) is 32.1 Å². The average Bonchev–Trinajstić information content (AvgIpc) is 2.33. The van der Waals surface area contributed by atoms with Crippen LogP contribution in [0.3, 0.4) is 0 Å². The highest BCUT2D eigenvalue weighted by atomic mass is 16.3. The molecule has 0 aromatic rings. The Hall–Kier alpha value is -0.0800. The highest BCUT2D eigenvalue weighted by Gasteiger charge is 2.47. The predicted molar refractivity (Wildman–Crippen MR) is 90.2 cm³/mol. The molecular formula is C19H38O2. The van der Waals surface area contributed by atoms with Crippen molar-refractivity contribution in [1.82, 2.24) is 0 Å². The van der Waals surface area contributed by atoms with Crippen molar-refractivity contribution in [2.24, 2.45) is 22.7 Å². The summed E-state index contributed by atoms with van der Waals surface area (Å²) >= 11 is 0. The van der Waals surface area contributed by atoms with Crippen LogP contribution in [0.2, 0.25) is 0 Å². The SMILES string of the molecule is CC1C(O)CCCC1(C)[C@H](C)C(C)(C)CCCC(C)(C)O. The Bertz CT molecular complexity index is 329. The van der Waals surface area contributed by atoms with Gasteiger partial charge in [0.05, 0.1) is 11.7 Å². The summed E-state index contributed by atoms with van der Waals surface area (Å²) in [5.41, 5.74) is -0.0984. The minimum atomic E-state index is -0.558. The predicted octanol–water partition coefficient (Wildman–Crippen LogP) is 4.78. The van der Waals surface area contributed by atoms with Gasteiger partial charge in [-0.3, -0.25) is 0 Å². The van der Waals surface area contributed by atoms with Gasteiger partial charge in [-0.15, -0.1) is 0 Å². The number of hydrogen-bond donors (Lipinski definition) is 2. The van der Waals surface area contributed by atoms with Crippen LogP contribution in [0.5, 0.6) is 0 Å². The Morgan fingerprint density at radius 1 is 1.19 bits per heavy atom. The van der Waals surface area contributed by atoms with Crippen LogP contribution >= 0.6 is 0 Å². The van der Waals surface area contributed by atoms with E-state index in [1.807, 2.05) is 13.8 Å². The summed E-state index contributed by atoms with van der Waals surface area (Å²) < 4.78 is 0. The molecule has 21 heavy (non-hydrogen) atoms. The summed E-state index contributed by atoms with van der Waals surface area (Å²) in [4.78, 5) is 0. The van der Waals surface area contributed by atoms with Crippen molar-refractivity contribution in [3.8, 4) is 0 Å². The molecule has 2 N–H and O–H groups in total. The van der Waals surface area contributed by atoms with Crippen molar-refractivity contribution in [2.75, 3.05) is 0 Å². The van der Waals surface area contributed by atoms with E-state index in [9.17, 15) is 10.2 Å².